The van der Waals surface area contributed by atoms with Crippen molar-refractivity contribution in [1.29, 1.82) is 0 Å². The molecule has 0 radical (unpaired) electrons. The molecule has 0 aliphatic heterocycles. The predicted molar refractivity (Wildman–Crippen MR) is 67.0 cm³/mol. The Morgan fingerprint density at radius 2 is 2.11 bits per heavy atom. The molecule has 2 amide bonds. The highest BCUT2D eigenvalue weighted by Crippen LogP contribution is 2.24. The number of urea groups is 1. The van der Waals surface area contributed by atoms with Gasteiger partial charge < -0.3 is 20.5 Å². The van der Waals surface area contributed by atoms with Gasteiger partial charge >= 0.3 is 12.0 Å². The molecule has 0 aromatic heterocycles. The Morgan fingerprint density at radius 1 is 1.39 bits per heavy atom. The van der Waals surface area contributed by atoms with Gasteiger partial charge in [-0.15, -0.1) is 0 Å². The molecule has 0 spiro atoms. The highest BCUT2D eigenvalue weighted by atomic mass is 16.5. The molecule has 6 heteroatoms. The topological polar surface area (TPSA) is 87.7 Å². The number of rotatable bonds is 5. The van der Waals surface area contributed by atoms with E-state index in [0.717, 1.165) is 5.56 Å². The molecule has 1 rings (SSSR count). The number of methoxy groups -OCH3 is 1. The van der Waals surface area contributed by atoms with E-state index in [1.54, 1.807) is 12.1 Å². The van der Waals surface area contributed by atoms with Gasteiger partial charge in [-0.1, -0.05) is 6.07 Å². The molecule has 6 nitrogen and oxygen atoms in total. The highest BCUT2D eigenvalue weighted by molar-refractivity contribution is 5.91. The van der Waals surface area contributed by atoms with Crippen LogP contribution in [0, 0.1) is 6.92 Å². The quantitative estimate of drug-likeness (QED) is 0.742. The van der Waals surface area contributed by atoms with Crippen LogP contribution in [0.25, 0.3) is 0 Å². The summed E-state index contributed by atoms with van der Waals surface area (Å²) in [6.07, 6.45) is -0.113. The van der Waals surface area contributed by atoms with Gasteiger partial charge in [0.2, 0.25) is 0 Å². The number of aliphatic carboxylic acids is 1. The van der Waals surface area contributed by atoms with Crippen LogP contribution in [-0.2, 0) is 4.79 Å². The molecule has 18 heavy (non-hydrogen) atoms. The molecule has 1 aromatic carbocycles. The van der Waals surface area contributed by atoms with Gasteiger partial charge in [-0.25, -0.2) is 4.79 Å². The van der Waals surface area contributed by atoms with Crippen LogP contribution in [0.15, 0.2) is 18.2 Å². The van der Waals surface area contributed by atoms with E-state index in [9.17, 15) is 9.59 Å². The molecule has 0 atom stereocenters. The summed E-state index contributed by atoms with van der Waals surface area (Å²) in [6.45, 7) is 1.97. The molecule has 0 aliphatic carbocycles. The zero-order valence-corrected chi connectivity index (χ0v) is 10.3. The number of aryl methyl sites for hydroxylation is 1. The van der Waals surface area contributed by atoms with E-state index in [4.69, 9.17) is 9.84 Å². The summed E-state index contributed by atoms with van der Waals surface area (Å²) < 4.78 is 5.11. The van der Waals surface area contributed by atoms with Crippen LogP contribution in [0.2, 0.25) is 0 Å². The minimum absolute atomic E-state index is 0.0787. The van der Waals surface area contributed by atoms with Crippen LogP contribution in [0.5, 0.6) is 5.75 Å². The van der Waals surface area contributed by atoms with E-state index < -0.39 is 12.0 Å². The van der Waals surface area contributed by atoms with Crippen molar-refractivity contribution in [3.8, 4) is 5.75 Å². The first-order valence-electron chi connectivity index (χ1n) is 5.44. The van der Waals surface area contributed by atoms with E-state index in [1.165, 1.54) is 7.11 Å². The van der Waals surface area contributed by atoms with Gasteiger partial charge in [-0.2, -0.15) is 0 Å². The maximum Gasteiger partial charge on any atom is 0.319 e. The summed E-state index contributed by atoms with van der Waals surface area (Å²) in [5.41, 5.74) is 1.53. The number of nitrogens with one attached hydrogen (secondary N) is 2. The summed E-state index contributed by atoms with van der Waals surface area (Å²) in [5, 5.41) is 13.5. The van der Waals surface area contributed by atoms with Crippen molar-refractivity contribution in [2.75, 3.05) is 19.0 Å². The molecule has 0 unspecified atom stereocenters. The Balaban J connectivity index is 2.58. The predicted octanol–water partition coefficient (Wildman–Crippen LogP) is 1.60. The Labute approximate surface area is 105 Å². The van der Waals surface area contributed by atoms with E-state index >= 15 is 0 Å². The highest BCUT2D eigenvalue weighted by Gasteiger charge is 2.07. The molecule has 1 aromatic rings. The van der Waals surface area contributed by atoms with E-state index in [-0.39, 0.29) is 13.0 Å². The molecular formula is C12H16N2O4. The average molecular weight is 252 g/mol. The van der Waals surface area contributed by atoms with Crippen LogP contribution >= 0.6 is 0 Å². The standard InChI is InChI=1S/C12H16N2O4/c1-8-3-4-10(18-2)9(7-8)14-12(17)13-6-5-11(15)16/h3-4,7H,5-6H2,1-2H3,(H,15,16)(H2,13,14,17). The number of hydrogen-bond acceptors (Lipinski definition) is 3. The van der Waals surface area contributed by atoms with Crippen LogP contribution in [0.4, 0.5) is 10.5 Å². The fourth-order valence-electron chi connectivity index (χ4n) is 1.37. The summed E-state index contributed by atoms with van der Waals surface area (Å²) in [4.78, 5) is 21.8. The molecule has 0 bridgehead atoms. The van der Waals surface area contributed by atoms with Crippen molar-refractivity contribution in [3.05, 3.63) is 23.8 Å². The third-order valence-electron chi connectivity index (χ3n) is 2.23. The average Bonchev–Trinajstić information content (AvgIpc) is 2.28. The van der Waals surface area contributed by atoms with Gasteiger partial charge in [0, 0.05) is 6.54 Å². The monoisotopic (exact) mass is 252 g/mol. The summed E-state index contributed by atoms with van der Waals surface area (Å²) >= 11 is 0. The minimum Gasteiger partial charge on any atom is -0.495 e. The van der Waals surface area contributed by atoms with Crippen LogP contribution < -0.4 is 15.4 Å². The first-order valence-corrected chi connectivity index (χ1v) is 5.44. The van der Waals surface area contributed by atoms with E-state index in [2.05, 4.69) is 10.6 Å². The number of carbonyl (C=O) groups is 2. The number of carboxylic acid groups (broad SMARTS) is 1. The van der Waals surface area contributed by atoms with Crippen LogP contribution in [0.1, 0.15) is 12.0 Å². The van der Waals surface area contributed by atoms with E-state index in [1.807, 2.05) is 13.0 Å². The SMILES string of the molecule is COc1ccc(C)cc1NC(=O)NCCC(=O)O. The van der Waals surface area contributed by atoms with Crippen LogP contribution in [-0.4, -0.2) is 30.8 Å². The Kier molecular flexibility index (Phi) is 4.98. The molecule has 0 heterocycles. The van der Waals surface area contributed by atoms with E-state index in [0.29, 0.717) is 11.4 Å². The Hall–Kier alpha value is -2.24. The number of hydrogen-bond donors (Lipinski definition) is 3. The van der Waals surface area contributed by atoms with Crippen LogP contribution in [0.3, 0.4) is 0 Å². The van der Waals surface area contributed by atoms with Gasteiger partial charge in [0.15, 0.2) is 0 Å². The summed E-state index contributed by atoms with van der Waals surface area (Å²) in [6, 6.07) is 4.93. The molecule has 98 valence electrons. The lowest BCUT2D eigenvalue weighted by atomic mass is 10.2. The lowest BCUT2D eigenvalue weighted by Crippen LogP contribution is -2.30. The lowest BCUT2D eigenvalue weighted by molar-refractivity contribution is -0.136. The third kappa shape index (κ3) is 4.32. The van der Waals surface area contributed by atoms with Crippen molar-refractivity contribution in [2.45, 2.75) is 13.3 Å². The number of benzene rings is 1. The number of ether oxygens (including phenoxy) is 1. The first kappa shape index (κ1) is 13.8. The first-order chi connectivity index (χ1) is 8.52. The molecule has 0 aliphatic rings. The zero-order chi connectivity index (χ0) is 13.5. The number of amides is 2. The molecule has 0 saturated heterocycles. The van der Waals surface area contributed by atoms with Gasteiger partial charge in [-0.05, 0) is 24.6 Å². The maximum absolute atomic E-state index is 11.5. The molecular weight excluding hydrogens is 236 g/mol. The van der Waals surface area contributed by atoms with Crippen molar-refractivity contribution < 1.29 is 19.4 Å². The van der Waals surface area contributed by atoms with Crippen molar-refractivity contribution >= 4 is 17.7 Å². The normalized spacial score (nSPS) is 9.67. The second kappa shape index (κ2) is 6.48. The van der Waals surface area contributed by atoms with Crippen molar-refractivity contribution in [2.24, 2.45) is 0 Å². The third-order valence-corrected chi connectivity index (χ3v) is 2.23. The Morgan fingerprint density at radius 3 is 2.72 bits per heavy atom. The van der Waals surface area contributed by atoms with Crippen molar-refractivity contribution in [3.63, 3.8) is 0 Å². The maximum atomic E-state index is 11.5. The molecule has 0 fully saturated rings. The van der Waals surface area contributed by atoms with Gasteiger partial charge in [0.25, 0.3) is 0 Å². The number of carboxylic acids is 1. The number of carbonyl (C=O) groups excluding carboxylic acids is 1. The molecule has 0 saturated carbocycles. The largest absolute Gasteiger partial charge is 0.495 e. The second-order valence-electron chi connectivity index (χ2n) is 3.73. The number of anilines is 1. The van der Waals surface area contributed by atoms with Gasteiger partial charge in [0.1, 0.15) is 5.75 Å². The van der Waals surface area contributed by atoms with Gasteiger partial charge in [-0.3, -0.25) is 4.79 Å². The fourth-order valence-corrected chi connectivity index (χ4v) is 1.37. The molecule has 3 N–H and O–H groups in total. The van der Waals surface area contributed by atoms with Crippen molar-refractivity contribution in [1.82, 2.24) is 5.32 Å². The fraction of sp³-hybridized carbons (Fsp3) is 0.333. The zero-order valence-electron chi connectivity index (χ0n) is 10.3. The second-order valence-corrected chi connectivity index (χ2v) is 3.73. The Bertz CT molecular complexity index is 446. The minimum atomic E-state index is -0.955. The summed E-state index contributed by atoms with van der Waals surface area (Å²) in [7, 11) is 1.51. The smallest absolute Gasteiger partial charge is 0.319 e. The lowest BCUT2D eigenvalue weighted by Gasteiger charge is -2.11. The van der Waals surface area contributed by atoms with Gasteiger partial charge in [0.05, 0.1) is 19.2 Å². The summed E-state index contributed by atoms with van der Waals surface area (Å²) in [5.74, 6) is -0.405.